The van der Waals surface area contributed by atoms with E-state index in [9.17, 15) is 4.79 Å². The first-order valence-corrected chi connectivity index (χ1v) is 4.31. The Morgan fingerprint density at radius 2 is 1.69 bits per heavy atom. The van der Waals surface area contributed by atoms with Gasteiger partial charge in [0.25, 0.3) is 0 Å². The van der Waals surface area contributed by atoms with Crippen LogP contribution in [0.1, 0.15) is 0 Å². The van der Waals surface area contributed by atoms with Gasteiger partial charge in [-0.25, -0.2) is 0 Å². The number of nitrogens with one attached hydrogen (secondary N) is 1. The molecule has 0 amide bonds. The van der Waals surface area contributed by atoms with Crippen molar-refractivity contribution < 1.29 is 130 Å². The molecule has 4 N–H and O–H groups in total. The van der Waals surface area contributed by atoms with Crippen LogP contribution in [0.4, 0.5) is 0 Å². The zero-order chi connectivity index (χ0) is 11.9. The van der Waals surface area contributed by atoms with Gasteiger partial charge in [0.05, 0.1) is 0 Å². The molecule has 0 aromatic rings. The molecule has 84 valence electrons. The Bertz CT molecular complexity index is 299. The number of hydrogen-bond acceptors (Lipinski definition) is 6. The third-order valence-corrected chi connectivity index (χ3v) is 0.784. The maximum absolute atomic E-state index is 9.92. The van der Waals surface area contributed by atoms with Crippen LogP contribution in [-0.4, -0.2) is 53.1 Å². The third-order valence-electron chi connectivity index (χ3n) is 0.784. The van der Waals surface area contributed by atoms with Crippen molar-refractivity contribution in [1.29, 1.82) is 5.41 Å². The number of nitrogens with zero attached hydrogens (tertiary/aromatic N) is 1. The first kappa shape index (κ1) is 26.4. The Morgan fingerprint density at radius 3 is 1.75 bits per heavy atom. The van der Waals surface area contributed by atoms with E-state index in [-0.39, 0.29) is 115 Å². The molecule has 0 saturated heterocycles. The minimum Gasteiger partial charge on any atom is -0.759 e. The first-order chi connectivity index (χ1) is 6.04. The van der Waals surface area contributed by atoms with Crippen molar-refractivity contribution in [2.75, 3.05) is 13.6 Å². The Labute approximate surface area is 178 Å². The maximum atomic E-state index is 9.92. The number of likely N-dealkylation sites (N-methyl/N-ethyl adjacent to an activating group) is 1. The third kappa shape index (κ3) is 36.0. The zero-order valence-electron chi connectivity index (χ0n) is 9.13. The molecular weight excluding hydrogens is 296 g/mol. The van der Waals surface area contributed by atoms with E-state index in [4.69, 9.17) is 33.8 Å². The predicted molar refractivity (Wildman–Crippen MR) is 42.7 cm³/mol. The summed E-state index contributed by atoms with van der Waals surface area (Å²) in [5.74, 6) is -1.23. The van der Waals surface area contributed by atoms with E-state index in [0.29, 0.717) is 0 Å². The number of aliphatic carboxylic acids is 1. The van der Waals surface area contributed by atoms with Gasteiger partial charge in [0, 0.05) is 17.4 Å². The smallest absolute Gasteiger partial charge is 0.759 e. The topological polar surface area (TPSA) is 171 Å². The molecule has 0 aliphatic heterocycles. The number of rotatable bonds is 2. The summed E-state index contributed by atoms with van der Waals surface area (Å²) in [6, 6.07) is 0. The van der Waals surface area contributed by atoms with Crippen LogP contribution in [0.3, 0.4) is 0 Å². The van der Waals surface area contributed by atoms with E-state index < -0.39 is 16.4 Å². The summed E-state index contributed by atoms with van der Waals surface area (Å²) in [6.45, 7) is -0.227. The van der Waals surface area contributed by atoms with Gasteiger partial charge in [-0.05, 0) is 0 Å². The molecule has 0 atom stereocenters. The number of carboxylic acids is 1. The van der Waals surface area contributed by atoms with Crippen LogP contribution < -0.4 is 109 Å². The number of nitrogens with two attached hydrogens (primary N) is 1. The van der Waals surface area contributed by atoms with Gasteiger partial charge in [-0.1, -0.05) is 0 Å². The maximum Gasteiger partial charge on any atom is 1.00 e. The van der Waals surface area contributed by atoms with Crippen LogP contribution in [0.25, 0.3) is 0 Å². The largest absolute Gasteiger partial charge is 1.00 e. The minimum atomic E-state index is -5.17. The first-order valence-electron chi connectivity index (χ1n) is 2.97. The van der Waals surface area contributed by atoms with Gasteiger partial charge in [-0.3, -0.25) is 18.6 Å². The summed E-state index contributed by atoms with van der Waals surface area (Å²) in [7, 11) is -3.73. The predicted octanol–water partition coefficient (Wildman–Crippen LogP) is -8.43. The molecule has 0 saturated carbocycles. The van der Waals surface area contributed by atoms with E-state index >= 15 is 0 Å². The second-order valence-electron chi connectivity index (χ2n) is 2.04. The van der Waals surface area contributed by atoms with Crippen molar-refractivity contribution in [1.82, 2.24) is 4.90 Å². The van der Waals surface area contributed by atoms with E-state index in [0.717, 1.165) is 4.90 Å². The molecule has 0 spiro atoms. The summed E-state index contributed by atoms with van der Waals surface area (Å²) in [5.41, 5.74) is 4.93. The van der Waals surface area contributed by atoms with Crippen LogP contribution in [0.15, 0.2) is 0 Å². The number of hydrogen-bond donors (Lipinski definition) is 3. The normalized spacial score (nSPS) is 8.44. The quantitative estimate of drug-likeness (QED) is 0.148. The fourth-order valence-electron chi connectivity index (χ4n) is 0.288. The van der Waals surface area contributed by atoms with Crippen LogP contribution in [-0.2, 0) is 15.2 Å². The van der Waals surface area contributed by atoms with Crippen molar-refractivity contribution in [2.24, 2.45) is 5.73 Å². The Morgan fingerprint density at radius 1 is 1.44 bits per heavy atom. The molecular formula is C4H9K2N3O6S. The zero-order valence-corrected chi connectivity index (χ0v) is 16.2. The van der Waals surface area contributed by atoms with E-state index in [2.05, 4.69) is 0 Å². The molecule has 0 bridgehead atoms. The summed E-state index contributed by atoms with van der Waals surface area (Å²) >= 11 is 0. The second-order valence-corrected chi connectivity index (χ2v) is 2.86. The van der Waals surface area contributed by atoms with Crippen molar-refractivity contribution in [2.45, 2.75) is 0 Å². The van der Waals surface area contributed by atoms with Crippen LogP contribution in [0.5, 0.6) is 0 Å². The van der Waals surface area contributed by atoms with Crippen LogP contribution in [0.2, 0.25) is 0 Å². The Kier molecular flexibility index (Phi) is 22.0. The van der Waals surface area contributed by atoms with Crippen molar-refractivity contribution in [3.63, 3.8) is 0 Å². The fourth-order valence-corrected chi connectivity index (χ4v) is 0.288. The average molecular weight is 305 g/mol. The van der Waals surface area contributed by atoms with Crippen LogP contribution in [0, 0.1) is 5.41 Å². The molecule has 0 fully saturated rings. The van der Waals surface area contributed by atoms with Gasteiger partial charge in [0.1, 0.15) is 6.54 Å². The van der Waals surface area contributed by atoms with Crippen molar-refractivity contribution >= 4 is 22.3 Å². The fraction of sp³-hybridized carbons (Fsp3) is 0.500. The van der Waals surface area contributed by atoms with Crippen molar-refractivity contribution in [3.05, 3.63) is 0 Å². The molecule has 0 unspecified atom stereocenters. The second kappa shape index (κ2) is 13.3. The molecule has 12 heteroatoms. The molecule has 9 nitrogen and oxygen atoms in total. The monoisotopic (exact) mass is 305 g/mol. The van der Waals surface area contributed by atoms with Gasteiger partial charge in [0.2, 0.25) is 0 Å². The number of carbonyl (C=O) groups is 1. The summed E-state index contributed by atoms with van der Waals surface area (Å²) < 4.78 is 34.1. The molecule has 16 heavy (non-hydrogen) atoms. The van der Waals surface area contributed by atoms with Gasteiger partial charge >= 0.3 is 109 Å². The molecule has 0 aromatic carbocycles. The Balaban J connectivity index is -0.0000000904. The van der Waals surface area contributed by atoms with Gasteiger partial charge in [-0.2, -0.15) is 0 Å². The number of guanidine groups is 1. The average Bonchev–Trinajstić information content (AvgIpc) is 1.80. The summed E-state index contributed by atoms with van der Waals surface area (Å²) in [5, 5.41) is 14.9. The van der Waals surface area contributed by atoms with Gasteiger partial charge < -0.3 is 24.8 Å². The molecule has 0 heterocycles. The summed E-state index contributed by atoms with van der Waals surface area (Å²) in [4.78, 5) is 11.0. The SMILES string of the molecule is CN(CC(=O)O)C(=N)N.O=S(=O)([O-])[O-].[K+].[K+]. The molecule has 0 rings (SSSR count). The van der Waals surface area contributed by atoms with E-state index in [1.165, 1.54) is 7.05 Å². The van der Waals surface area contributed by atoms with E-state index in [1.807, 2.05) is 0 Å². The minimum absolute atomic E-state index is 0. The standard InChI is InChI=1S/C4H9N3O2.2K.H2O4S/c1-7(4(5)6)2-3(8)9;;;1-5(2,3)4/h2H2,1H3,(H3,5,6)(H,8,9);;;(H2,1,2,3,4)/q;2*+1;/p-2. The molecule has 0 aliphatic carbocycles. The molecule has 0 aliphatic rings. The van der Waals surface area contributed by atoms with E-state index in [1.54, 1.807) is 0 Å². The Hall–Kier alpha value is 1.88. The molecule has 0 radical (unpaired) electrons. The van der Waals surface area contributed by atoms with Crippen LogP contribution >= 0.6 is 0 Å². The number of carboxylic acid groups (broad SMARTS) is 1. The molecule has 0 aromatic heterocycles. The summed E-state index contributed by atoms with van der Waals surface area (Å²) in [6.07, 6.45) is 0. The van der Waals surface area contributed by atoms with Gasteiger partial charge in [0.15, 0.2) is 5.96 Å². The van der Waals surface area contributed by atoms with Crippen molar-refractivity contribution in [3.8, 4) is 0 Å². The van der Waals surface area contributed by atoms with Gasteiger partial charge in [-0.15, -0.1) is 0 Å².